The van der Waals surface area contributed by atoms with E-state index in [0.717, 1.165) is 24.3 Å². The van der Waals surface area contributed by atoms with E-state index >= 15 is 0 Å². The maximum atomic E-state index is 12.8. The van der Waals surface area contributed by atoms with Gasteiger partial charge in [-0.05, 0) is 71.8 Å². The summed E-state index contributed by atoms with van der Waals surface area (Å²) in [5.74, 6) is -13.4. The van der Waals surface area contributed by atoms with Gasteiger partial charge in [0, 0.05) is 25.7 Å². The molecule has 5 rings (SSSR count). The van der Waals surface area contributed by atoms with Crippen LogP contribution in [0.3, 0.4) is 0 Å². The van der Waals surface area contributed by atoms with Crippen molar-refractivity contribution in [2.75, 3.05) is 26.7 Å². The zero-order chi connectivity index (χ0) is 44.5. The molecule has 4 aliphatic heterocycles. The predicted molar refractivity (Wildman–Crippen MR) is 205 cm³/mol. The second-order valence-corrected chi connectivity index (χ2v) is 15.0. The largest absolute Gasteiger partial charge is 0.574 e. The van der Waals surface area contributed by atoms with Gasteiger partial charge in [0.1, 0.15) is 11.1 Å². The maximum absolute atomic E-state index is 12.8. The van der Waals surface area contributed by atoms with E-state index in [9.17, 15) is 39.0 Å². The molecule has 0 aromatic heterocycles. The molecule has 0 aromatic rings. The summed E-state index contributed by atoms with van der Waals surface area (Å²) in [4.78, 5) is 75.4. The van der Waals surface area contributed by atoms with Crippen LogP contribution in [-0.2, 0) is 66.7 Å². The van der Waals surface area contributed by atoms with Gasteiger partial charge in [0.05, 0.1) is 49.7 Å². The molecule has 17 heteroatoms. The van der Waals surface area contributed by atoms with Gasteiger partial charge in [0.15, 0.2) is 11.6 Å². The Bertz CT molecular complexity index is 1800. The Labute approximate surface area is 348 Å². The van der Waals surface area contributed by atoms with Crippen LogP contribution < -0.4 is 10.2 Å². The summed E-state index contributed by atoms with van der Waals surface area (Å²) in [6, 6.07) is 0. The molecule has 5 aliphatic rings. The van der Waals surface area contributed by atoms with E-state index < -0.39 is 82.0 Å². The highest BCUT2D eigenvalue weighted by Crippen LogP contribution is 2.45. The number of rotatable bonds is 11. The van der Waals surface area contributed by atoms with E-state index in [1.165, 1.54) is 74.4 Å². The second-order valence-electron chi connectivity index (χ2n) is 15.0. The van der Waals surface area contributed by atoms with Crippen LogP contribution >= 0.6 is 0 Å². The first-order valence-corrected chi connectivity index (χ1v) is 19.8. The van der Waals surface area contributed by atoms with Crippen molar-refractivity contribution in [2.24, 2.45) is 0 Å². The van der Waals surface area contributed by atoms with Crippen LogP contribution in [0.15, 0.2) is 94.9 Å². The minimum absolute atomic E-state index is 0.149. The Balaban J connectivity index is 0.000000899. The van der Waals surface area contributed by atoms with Crippen molar-refractivity contribution < 1.29 is 81.4 Å². The standard InChI is InChI=1S/C36H36O16.C7H18N/c1-5-33(3)45-25(37)21(26(38)46-33)13-9-7-11-15-23-29(41)49-35(50-30(23)42)17-19-36(20-18-35)51-31(43)24(32(44)52-36)16-12-8-10-14-22-27(39)47-34(4,6-2)48-28(22)40;1-5-8(4,6-2)7-3/h7-16,37,39H,5-6,17-20H2,1-4H3;5-7H2,1-4H3/q;+1/p-2/b11-7+,12-8+,13-9+,14-10+,23-15?,24-16?;. The summed E-state index contributed by atoms with van der Waals surface area (Å²) in [5, 5.41) is 24.3. The van der Waals surface area contributed by atoms with Gasteiger partial charge in [-0.3, -0.25) is 0 Å². The monoisotopic (exact) mass is 838 g/mol. The number of hydrogen-bond acceptors (Lipinski definition) is 16. The minimum Gasteiger partial charge on any atom is -0.574 e. The molecule has 0 radical (unpaired) electrons. The van der Waals surface area contributed by atoms with Gasteiger partial charge in [-0.1, -0.05) is 50.3 Å². The van der Waals surface area contributed by atoms with Gasteiger partial charge < -0.3 is 52.6 Å². The number of quaternary nitrogens is 1. The third kappa shape index (κ3) is 10.9. The highest BCUT2D eigenvalue weighted by atomic mass is 16.8. The van der Waals surface area contributed by atoms with Gasteiger partial charge in [0.2, 0.25) is 0 Å². The van der Waals surface area contributed by atoms with Gasteiger partial charge in [-0.25, -0.2) is 28.8 Å². The van der Waals surface area contributed by atoms with Crippen molar-refractivity contribution >= 4 is 35.8 Å². The van der Waals surface area contributed by atoms with Crippen LogP contribution in [-0.4, -0.2) is 90.1 Å². The van der Waals surface area contributed by atoms with Gasteiger partial charge in [-0.15, -0.1) is 0 Å². The molecule has 0 bridgehead atoms. The molecule has 3 fully saturated rings. The minimum atomic E-state index is -1.68. The van der Waals surface area contributed by atoms with Crippen molar-refractivity contribution in [1.82, 2.24) is 0 Å². The molecule has 326 valence electrons. The molecule has 0 aromatic carbocycles. The van der Waals surface area contributed by atoms with Crippen LogP contribution in [0.4, 0.5) is 0 Å². The van der Waals surface area contributed by atoms with Crippen LogP contribution in [0.5, 0.6) is 0 Å². The summed E-state index contributed by atoms with van der Waals surface area (Å²) in [7, 11) is 2.29. The third-order valence-corrected chi connectivity index (χ3v) is 11.0. The Morgan fingerprint density at radius 2 is 0.800 bits per heavy atom. The molecule has 2 spiro atoms. The lowest BCUT2D eigenvalue weighted by atomic mass is 9.87. The van der Waals surface area contributed by atoms with E-state index in [1.54, 1.807) is 13.8 Å². The van der Waals surface area contributed by atoms with Gasteiger partial charge >= 0.3 is 35.8 Å². The van der Waals surface area contributed by atoms with Crippen LogP contribution in [0.1, 0.15) is 87.0 Å². The molecule has 2 atom stereocenters. The molecule has 0 N–H and O–H groups in total. The summed E-state index contributed by atoms with van der Waals surface area (Å²) in [6.45, 7) is 16.8. The Kier molecular flexibility index (Phi) is 14.7. The fourth-order valence-corrected chi connectivity index (χ4v) is 5.98. The smallest absolute Gasteiger partial charge is 0.348 e. The topological polar surface area (TPSA) is 222 Å². The third-order valence-electron chi connectivity index (χ3n) is 11.0. The molecule has 1 aliphatic carbocycles. The van der Waals surface area contributed by atoms with Gasteiger partial charge in [0.25, 0.3) is 11.6 Å². The Morgan fingerprint density at radius 3 is 1.05 bits per heavy atom. The zero-order valence-electron chi connectivity index (χ0n) is 35.1. The molecule has 2 unspecified atom stereocenters. The maximum Gasteiger partial charge on any atom is 0.348 e. The van der Waals surface area contributed by atoms with E-state index in [2.05, 4.69) is 27.8 Å². The molecule has 4 heterocycles. The molecule has 17 nitrogen and oxygen atoms in total. The molecule has 1 saturated carbocycles. The number of carbonyl (C=O) groups is 6. The summed E-state index contributed by atoms with van der Waals surface area (Å²) >= 11 is 0. The van der Waals surface area contributed by atoms with Crippen molar-refractivity contribution in [3.05, 3.63) is 94.9 Å². The molecular formula is C43H52NO16-. The van der Waals surface area contributed by atoms with E-state index in [0.29, 0.717) is 0 Å². The van der Waals surface area contributed by atoms with Crippen molar-refractivity contribution in [3.8, 4) is 0 Å². The number of carbonyl (C=O) groups excluding carboxylic acids is 6. The van der Waals surface area contributed by atoms with E-state index in [1.807, 2.05) is 0 Å². The first-order valence-electron chi connectivity index (χ1n) is 19.8. The van der Waals surface area contributed by atoms with Crippen LogP contribution in [0, 0.1) is 0 Å². The Hall–Kier alpha value is -6.10. The normalized spacial score (nSPS) is 28.6. The SMILES string of the molecule is CCC1(C)OC(=O)C(/C=C/C=C/C=C2C(=O)OC3(CCC4(CC3)OC(=O)C(=C/C=C/C=C/C3=C([O-])OC(C)(CC)OC3=O)C(=O)O4)OC2=O)=C([O-])O1.CC[N+](C)(CC)CC. The van der Waals surface area contributed by atoms with Gasteiger partial charge in [-0.2, -0.15) is 0 Å². The lowest BCUT2D eigenvalue weighted by molar-refractivity contribution is -0.904. The number of hydrogen-bond donors (Lipinski definition) is 0. The number of ether oxygens (including phenoxy) is 8. The lowest BCUT2D eigenvalue weighted by Crippen LogP contribution is -2.56. The van der Waals surface area contributed by atoms with Crippen molar-refractivity contribution in [1.29, 1.82) is 0 Å². The fourth-order valence-electron chi connectivity index (χ4n) is 5.98. The van der Waals surface area contributed by atoms with Crippen LogP contribution in [0.25, 0.3) is 0 Å². The average molecular weight is 839 g/mol. The highest BCUT2D eigenvalue weighted by Gasteiger charge is 2.56. The second kappa shape index (κ2) is 18.9. The fraction of sp³-hybridized carbons (Fsp3) is 0.488. The summed E-state index contributed by atoms with van der Waals surface area (Å²) in [6.07, 6.45) is 12.4. The molecular weight excluding hydrogens is 786 g/mol. The molecule has 0 amide bonds. The summed E-state index contributed by atoms with van der Waals surface area (Å²) < 4.78 is 43.6. The predicted octanol–water partition coefficient (Wildman–Crippen LogP) is 3.27. The number of allylic oxidation sites excluding steroid dienone is 8. The first-order chi connectivity index (χ1) is 28.2. The number of esters is 6. The lowest BCUT2D eigenvalue weighted by Gasteiger charge is -2.45. The molecule has 2 saturated heterocycles. The average Bonchev–Trinajstić information content (AvgIpc) is 3.19. The quantitative estimate of drug-likeness (QED) is 0.0727. The van der Waals surface area contributed by atoms with Crippen molar-refractivity contribution in [3.63, 3.8) is 0 Å². The number of cyclic esters (lactones) is 2. The zero-order valence-corrected chi connectivity index (χ0v) is 35.1. The van der Waals surface area contributed by atoms with Crippen LogP contribution in [0.2, 0.25) is 0 Å². The van der Waals surface area contributed by atoms with Crippen molar-refractivity contribution in [2.45, 2.75) is 110 Å². The number of nitrogens with zero attached hydrogens (tertiary/aromatic N) is 1. The molecule has 60 heavy (non-hydrogen) atoms. The van der Waals surface area contributed by atoms with E-state index in [4.69, 9.17) is 37.9 Å². The van der Waals surface area contributed by atoms with E-state index in [-0.39, 0.29) is 49.7 Å². The first kappa shape index (κ1) is 46.6. The Morgan fingerprint density at radius 1 is 0.483 bits per heavy atom. The summed E-state index contributed by atoms with van der Waals surface area (Å²) in [5.41, 5.74) is -1.52. The highest BCUT2D eigenvalue weighted by molar-refractivity contribution is 6.16.